The van der Waals surface area contributed by atoms with Crippen LogP contribution in [0.5, 0.6) is 23.0 Å². The Hall–Kier alpha value is -3.78. The molecule has 752 valence electrons. The second kappa shape index (κ2) is 54.1. The van der Waals surface area contributed by atoms with Gasteiger partial charge >= 0.3 is 64.6 Å². The number of aliphatic hydroxyl groups excluding tert-OH is 4. The van der Waals surface area contributed by atoms with Gasteiger partial charge in [0.05, 0.1) is 77.3 Å². The first kappa shape index (κ1) is 117. The van der Waals surface area contributed by atoms with Gasteiger partial charge in [0, 0.05) is 52.3 Å². The van der Waals surface area contributed by atoms with Crippen LogP contribution in [0.1, 0.15) is 349 Å². The number of piperidine rings is 3. The van der Waals surface area contributed by atoms with Crippen molar-refractivity contribution in [2.24, 2.45) is 92.7 Å². The number of hydrogen-bond acceptors (Lipinski definition) is 16. The van der Waals surface area contributed by atoms with Crippen LogP contribution in [0, 0.1) is 148 Å². The predicted octanol–water partition coefficient (Wildman–Crippen LogP) is 25.0. The number of allylic oxidation sites excluding steroid dienone is 2. The van der Waals surface area contributed by atoms with Crippen molar-refractivity contribution in [1.82, 2.24) is 0 Å². The Bertz CT molecular complexity index is 4020. The van der Waals surface area contributed by atoms with E-state index in [9.17, 15) is 40.9 Å². The molecule has 16 bridgehead atoms. The van der Waals surface area contributed by atoms with Crippen molar-refractivity contribution in [2.45, 2.75) is 374 Å². The number of rotatable bonds is 0. The molecule has 4 aromatic rings. The van der Waals surface area contributed by atoms with Gasteiger partial charge in [-0.05, 0) is 230 Å². The van der Waals surface area contributed by atoms with Crippen molar-refractivity contribution in [2.75, 3.05) is 72.2 Å². The molecule has 13 rings (SSSR count). The zero-order chi connectivity index (χ0) is 99.5. The van der Waals surface area contributed by atoms with Crippen molar-refractivity contribution in [3.05, 3.63) is 161 Å². The first-order chi connectivity index (χ1) is 62.7. The average molecular weight is 2310 g/mol. The summed E-state index contributed by atoms with van der Waals surface area (Å²) in [6.45, 7) is 62.9. The zero-order valence-corrected chi connectivity index (χ0v) is 95.6. The summed E-state index contributed by atoms with van der Waals surface area (Å²) >= 11 is -5.01. The van der Waals surface area contributed by atoms with Crippen LogP contribution >= 0.6 is 0 Å². The number of nitrogens with zero attached hydrogens (tertiary/aromatic N) is 4. The third-order valence-electron chi connectivity index (χ3n) is 30.4. The summed E-state index contributed by atoms with van der Waals surface area (Å²) in [5.41, 5.74) is 8.08. The van der Waals surface area contributed by atoms with Gasteiger partial charge in [0.25, 0.3) is 0 Å². The normalized spacial score (nSPS) is 27.5. The van der Waals surface area contributed by atoms with E-state index in [1.807, 2.05) is 54.6 Å². The molecular formula is C112H180N4O16U2. The Labute approximate surface area is 839 Å². The van der Waals surface area contributed by atoms with E-state index in [0.29, 0.717) is 90.9 Å². The molecule has 20 nitrogen and oxygen atoms in total. The van der Waals surface area contributed by atoms with Crippen LogP contribution in [-0.2, 0) is 95.2 Å². The van der Waals surface area contributed by atoms with Crippen molar-refractivity contribution < 1.29 is 124 Å². The molecule has 5 heterocycles. The summed E-state index contributed by atoms with van der Waals surface area (Å²) in [7, 11) is 0. The SMILES string of the molecule is C1=CC[N-]C=C1.C1CC[N-]CC1.C1CC[N-]CC1.C1CC[N-]CC1.CC(C)(C)c1cc2c(O)c(c1)Cc1cc(C(C)(C)C)cc(c1O)COCc1cc(C(C)(C)C)cc(c1O)CC1CC(C(C)(C)C)CC(COCC3CC(C(C)(C)C)CC(CC4CC(C(C)(C)C)CC(COCC5CC(C(C)(C)C)CC(Cc6cc(C(C)(C)C)cc(c6O)COC2)C5O)C4O)C3O)C1O.[O]=[U+2]=[O].[O]=[U+2]=[O]. The van der Waals surface area contributed by atoms with E-state index in [0.717, 1.165) is 131 Å². The zero-order valence-electron chi connectivity index (χ0n) is 87.3. The Kier molecular flexibility index (Phi) is 47.3. The molecule has 134 heavy (non-hydrogen) atoms. The number of aromatic hydroxyl groups is 4. The number of aliphatic hydroxyl groups is 4. The molecule has 4 aromatic carbocycles. The van der Waals surface area contributed by atoms with E-state index in [1.54, 1.807) is 6.20 Å². The summed E-state index contributed by atoms with van der Waals surface area (Å²) in [5.74, 6) is 0.713. The first-order valence-electron chi connectivity index (χ1n) is 51.0. The Morgan fingerprint density at radius 1 is 0.291 bits per heavy atom. The Morgan fingerprint density at radius 2 is 0.522 bits per heavy atom. The second-order valence-electron chi connectivity index (χ2n) is 49.1. The van der Waals surface area contributed by atoms with Crippen LogP contribution in [0.3, 0.4) is 0 Å². The number of phenolic OH excluding ortho intramolecular Hbond substituents is 4. The van der Waals surface area contributed by atoms with Gasteiger partial charge in [-0.1, -0.05) is 260 Å². The third kappa shape index (κ3) is 37.2. The topological polar surface area (TPSA) is 323 Å². The molecule has 16 atom stereocenters. The van der Waals surface area contributed by atoms with Crippen molar-refractivity contribution >= 4 is 0 Å². The molecular weight excluding hydrogens is 2130 g/mol. The number of hydrogen-bond donors (Lipinski definition) is 8. The quantitative estimate of drug-likeness (QED) is 0.0811. The summed E-state index contributed by atoms with van der Waals surface area (Å²) in [6.07, 6.45) is 25.8. The van der Waals surface area contributed by atoms with Gasteiger partial charge in [-0.2, -0.15) is 6.20 Å². The van der Waals surface area contributed by atoms with Crippen molar-refractivity contribution in [3.8, 4) is 23.0 Å². The first-order valence-corrected chi connectivity index (χ1v) is 57.8. The van der Waals surface area contributed by atoms with Crippen LogP contribution in [-0.4, -0.2) is 138 Å². The molecule has 0 radical (unpaired) electrons. The standard InChI is InChI=1S/C92H144O12.3C5H10N.C5H6N.4O.2U/c1-85(2,3)69-29-53-25-54-30-70(86(4,5)6)39-63(78(54)94)47-102-48-64-40-73(89(13,14)15)33-57(81(64)97)27-58-34-74(90(16,17)18)43-67(82(58)98)51-104-52-68-44-76(92(22,23)24)36-60(84(68)100)28-59-35-75(91(19,20)21)42-66(83(59)99)50-103-49-65-41-72(88(10,11)12)32-56(80(65)96)26-55-31-71(87(7,8)9)38-62(79(55)95)46-101-45-61(37-69)77(53)93;4*1-2-4-6-5-3-1;;;;;;/h29-31,33,37-40,56,58-60,65-68,72,74-76,80,82-84,93-100H,25-28,32,34-36,41-52H2,1-24H3;3*1-5H2;1-4H,5H2;;;;;;/q;4*-1;;;;;2*+2. The van der Waals surface area contributed by atoms with Gasteiger partial charge in [-0.15, -0.1) is 51.9 Å². The summed E-state index contributed by atoms with van der Waals surface area (Å²) < 4.78 is 61.4. The van der Waals surface area contributed by atoms with Crippen LogP contribution in [0.25, 0.3) is 21.3 Å². The third-order valence-corrected chi connectivity index (χ3v) is 30.4. The van der Waals surface area contributed by atoms with Crippen LogP contribution < -0.4 is 0 Å². The van der Waals surface area contributed by atoms with Gasteiger partial charge < -0.3 is 81.1 Å². The van der Waals surface area contributed by atoms with E-state index < -0.39 is 80.1 Å². The van der Waals surface area contributed by atoms with Gasteiger partial charge in [-0.3, -0.25) is 0 Å². The molecule has 16 unspecified atom stereocenters. The fraction of sp³-hybridized carbons (Fsp3) is 0.750. The van der Waals surface area contributed by atoms with Gasteiger partial charge in [0.1, 0.15) is 23.0 Å². The van der Waals surface area contributed by atoms with Crippen LogP contribution in [0.15, 0.2) is 73.0 Å². The number of phenols is 4. The molecule has 4 saturated carbocycles. The maximum atomic E-state index is 12.7. The van der Waals surface area contributed by atoms with E-state index in [-0.39, 0.29) is 158 Å². The summed E-state index contributed by atoms with van der Waals surface area (Å²) in [5, 5.41) is 117. The minimum absolute atomic E-state index is 0.0160. The number of fused-ring (bicyclic) bond motifs is 16. The van der Waals surface area contributed by atoms with Crippen LogP contribution in [0.2, 0.25) is 0 Å². The summed E-state index contributed by atoms with van der Waals surface area (Å²) in [4.78, 5) is 0. The molecule has 4 aliphatic carbocycles. The fourth-order valence-electron chi connectivity index (χ4n) is 21.2. The Morgan fingerprint density at radius 3 is 0.724 bits per heavy atom. The van der Waals surface area contributed by atoms with E-state index in [4.69, 9.17) is 27.9 Å². The summed E-state index contributed by atoms with van der Waals surface area (Å²) in [6, 6.07) is 16.4. The average Bonchev–Trinajstić information content (AvgIpc) is 0.790. The molecule has 0 aromatic heterocycles. The minimum atomic E-state index is -2.51. The van der Waals surface area contributed by atoms with E-state index >= 15 is 0 Å². The van der Waals surface area contributed by atoms with Crippen molar-refractivity contribution in [1.29, 1.82) is 0 Å². The molecule has 8 N–H and O–H groups in total. The van der Waals surface area contributed by atoms with Crippen LogP contribution in [0.4, 0.5) is 0 Å². The Balaban J connectivity index is 0.000000691. The monoisotopic (exact) mass is 2310 g/mol. The second-order valence-corrected chi connectivity index (χ2v) is 50.5. The van der Waals surface area contributed by atoms with E-state index in [1.165, 1.54) is 57.8 Å². The fourth-order valence-corrected chi connectivity index (χ4v) is 21.2. The molecule has 0 spiro atoms. The molecule has 0 amide bonds. The molecule has 7 fully saturated rings. The van der Waals surface area contributed by atoms with E-state index in [2.05, 4.69) is 200 Å². The molecule has 22 heteroatoms. The molecule has 9 aliphatic rings. The van der Waals surface area contributed by atoms with Crippen molar-refractivity contribution in [3.63, 3.8) is 0 Å². The molecule has 3 saturated heterocycles. The number of ether oxygens (including phenoxy) is 4. The van der Waals surface area contributed by atoms with Gasteiger partial charge in [-0.25, -0.2) is 0 Å². The predicted molar refractivity (Wildman–Crippen MR) is 531 cm³/mol. The van der Waals surface area contributed by atoms with Gasteiger partial charge in [0.2, 0.25) is 0 Å². The molecule has 5 aliphatic heterocycles. The number of benzene rings is 4. The maximum absolute atomic E-state index is 12.7. The van der Waals surface area contributed by atoms with Gasteiger partial charge in [0.15, 0.2) is 0 Å².